The second-order valence-electron chi connectivity index (χ2n) is 9.34. The number of allylic oxidation sites excluding steroid dienone is 4. The quantitative estimate of drug-likeness (QED) is 0.241. The van der Waals surface area contributed by atoms with Gasteiger partial charge in [-0.1, -0.05) is 17.8 Å². The summed E-state index contributed by atoms with van der Waals surface area (Å²) in [5, 5.41) is 8.34. The highest BCUT2D eigenvalue weighted by Crippen LogP contribution is 2.35. The van der Waals surface area contributed by atoms with Gasteiger partial charge in [-0.25, -0.2) is 9.18 Å². The predicted molar refractivity (Wildman–Crippen MR) is 147 cm³/mol. The minimum absolute atomic E-state index is 0.355. The number of anilines is 1. The van der Waals surface area contributed by atoms with Gasteiger partial charge in [-0.3, -0.25) is 24.9 Å². The highest BCUT2D eigenvalue weighted by atomic mass is 32.2. The van der Waals surface area contributed by atoms with Crippen LogP contribution in [0.4, 0.5) is 14.9 Å². The molecule has 3 heterocycles. The molecule has 1 aromatic carbocycles. The van der Waals surface area contributed by atoms with E-state index < -0.39 is 11.7 Å². The van der Waals surface area contributed by atoms with Crippen LogP contribution in [0, 0.1) is 0 Å². The molecular formula is C27H29FN6O2S. The number of carbonyl (C=O) groups excluding carboxylic acids is 1. The van der Waals surface area contributed by atoms with Crippen LogP contribution in [0.1, 0.15) is 33.3 Å². The van der Waals surface area contributed by atoms with E-state index in [-0.39, 0.29) is 5.83 Å². The van der Waals surface area contributed by atoms with Gasteiger partial charge in [0.05, 0.1) is 29.3 Å². The fraction of sp³-hybridized carbons (Fsp3) is 0.259. The van der Waals surface area contributed by atoms with Crippen molar-refractivity contribution in [1.82, 2.24) is 19.7 Å². The summed E-state index contributed by atoms with van der Waals surface area (Å²) in [6.07, 6.45) is 9.65. The first-order chi connectivity index (χ1) is 17.6. The van der Waals surface area contributed by atoms with Crippen LogP contribution in [-0.4, -0.2) is 43.6 Å². The topological polar surface area (TPSA) is 84.6 Å². The van der Waals surface area contributed by atoms with E-state index in [1.54, 1.807) is 62.8 Å². The molecule has 0 atom stereocenters. The van der Waals surface area contributed by atoms with Crippen LogP contribution >= 0.6 is 11.8 Å². The Kier molecular flexibility index (Phi) is 7.49. The molecule has 192 valence electrons. The number of hydrogen-bond donors (Lipinski definition) is 1. The SMILES string of the molecule is CC=C1C(F)=CC(c2cnn(C)c2)=CN1C(=NC)Sc1ccc2ncc(NC(=O)OC(C)(C)C)cc2c1. The lowest BCUT2D eigenvalue weighted by Crippen LogP contribution is -2.27. The molecule has 0 saturated heterocycles. The van der Waals surface area contributed by atoms with Gasteiger partial charge < -0.3 is 4.74 Å². The summed E-state index contributed by atoms with van der Waals surface area (Å²) >= 11 is 1.40. The third kappa shape index (κ3) is 6.26. The monoisotopic (exact) mass is 520 g/mol. The van der Waals surface area contributed by atoms with Crippen molar-refractivity contribution in [2.24, 2.45) is 12.0 Å². The molecular weight excluding hydrogens is 491 g/mol. The van der Waals surface area contributed by atoms with Gasteiger partial charge in [-0.05, 0) is 58.0 Å². The predicted octanol–water partition coefficient (Wildman–Crippen LogP) is 6.51. The zero-order valence-corrected chi connectivity index (χ0v) is 22.4. The Bertz CT molecular complexity index is 1470. The number of hydrogen-bond acceptors (Lipinski definition) is 6. The Morgan fingerprint density at radius 1 is 1.24 bits per heavy atom. The number of nitrogens with one attached hydrogen (secondary N) is 1. The lowest BCUT2D eigenvalue weighted by molar-refractivity contribution is 0.0636. The highest BCUT2D eigenvalue weighted by molar-refractivity contribution is 8.13. The summed E-state index contributed by atoms with van der Waals surface area (Å²) in [7, 11) is 3.49. The second-order valence-corrected chi connectivity index (χ2v) is 10.4. The molecule has 3 aromatic rings. The molecule has 1 amide bonds. The maximum Gasteiger partial charge on any atom is 0.412 e. The average molecular weight is 521 g/mol. The summed E-state index contributed by atoms with van der Waals surface area (Å²) < 4.78 is 22.1. The van der Waals surface area contributed by atoms with Crippen molar-refractivity contribution < 1.29 is 13.9 Å². The summed E-state index contributed by atoms with van der Waals surface area (Å²) in [4.78, 5) is 23.7. The van der Waals surface area contributed by atoms with Crippen LogP contribution in [0.3, 0.4) is 0 Å². The number of halogens is 1. The van der Waals surface area contributed by atoms with Gasteiger partial charge in [0.1, 0.15) is 11.4 Å². The van der Waals surface area contributed by atoms with Crippen molar-refractivity contribution in [2.45, 2.75) is 38.2 Å². The molecule has 37 heavy (non-hydrogen) atoms. The fourth-order valence-corrected chi connectivity index (χ4v) is 4.58. The van der Waals surface area contributed by atoms with Gasteiger partial charge in [0, 0.05) is 47.9 Å². The third-order valence-electron chi connectivity index (χ3n) is 5.27. The van der Waals surface area contributed by atoms with Crippen molar-refractivity contribution in [2.75, 3.05) is 12.4 Å². The number of ether oxygens (including phenoxy) is 1. The Labute approximate surface area is 219 Å². The number of rotatable bonds is 3. The number of amidine groups is 1. The number of amides is 1. The molecule has 0 unspecified atom stereocenters. The third-order valence-corrected chi connectivity index (χ3v) is 6.32. The van der Waals surface area contributed by atoms with Crippen molar-refractivity contribution in [3.63, 3.8) is 0 Å². The first-order valence-electron chi connectivity index (χ1n) is 11.6. The van der Waals surface area contributed by atoms with Crippen LogP contribution in [-0.2, 0) is 11.8 Å². The number of pyridine rings is 1. The Hall–Kier alpha value is -3.92. The number of aliphatic imine (C=N–C) groups is 1. The van der Waals surface area contributed by atoms with Crippen molar-refractivity contribution >= 4 is 45.2 Å². The minimum atomic E-state index is -0.603. The summed E-state index contributed by atoms with van der Waals surface area (Å²) in [5.74, 6) is -0.355. The normalized spacial score (nSPS) is 15.6. The maximum absolute atomic E-state index is 15.1. The molecule has 10 heteroatoms. The van der Waals surface area contributed by atoms with Gasteiger partial charge in [0.2, 0.25) is 0 Å². The Morgan fingerprint density at radius 2 is 2.03 bits per heavy atom. The molecule has 0 bridgehead atoms. The lowest BCUT2D eigenvalue weighted by Gasteiger charge is -2.27. The number of fused-ring (bicyclic) bond motifs is 1. The summed E-state index contributed by atoms with van der Waals surface area (Å²) in [6.45, 7) is 7.20. The molecule has 0 radical (unpaired) electrons. The maximum atomic E-state index is 15.1. The average Bonchev–Trinajstić information content (AvgIpc) is 3.27. The molecule has 0 fully saturated rings. The van der Waals surface area contributed by atoms with E-state index in [0.29, 0.717) is 22.1 Å². The van der Waals surface area contributed by atoms with Gasteiger partial charge in [-0.2, -0.15) is 5.10 Å². The van der Waals surface area contributed by atoms with E-state index in [1.807, 2.05) is 43.7 Å². The Morgan fingerprint density at radius 3 is 2.68 bits per heavy atom. The van der Waals surface area contributed by atoms with Gasteiger partial charge in [-0.15, -0.1) is 0 Å². The standard InChI is InChI=1S/C27H29FN6O2S/c1-7-24-22(28)12-18(19-13-31-33(6)15-19)16-34(24)25(29-5)37-21-8-9-23-17(11-21)10-20(14-30-23)32-26(35)36-27(2,3)4/h7-16H,1-6H3,(H,32,35). The van der Waals surface area contributed by atoms with Crippen LogP contribution in [0.15, 0.2) is 82.6 Å². The number of aromatic nitrogens is 3. The van der Waals surface area contributed by atoms with Crippen LogP contribution in [0.2, 0.25) is 0 Å². The van der Waals surface area contributed by atoms with E-state index >= 15 is 4.39 Å². The van der Waals surface area contributed by atoms with Crippen molar-refractivity contribution in [3.05, 3.63) is 78.3 Å². The molecule has 0 saturated carbocycles. The molecule has 0 aliphatic carbocycles. The van der Waals surface area contributed by atoms with Crippen LogP contribution in [0.5, 0.6) is 0 Å². The number of aryl methyl sites for hydroxylation is 1. The van der Waals surface area contributed by atoms with Crippen LogP contribution < -0.4 is 5.32 Å². The first-order valence-corrected chi connectivity index (χ1v) is 12.5. The van der Waals surface area contributed by atoms with Crippen LogP contribution in [0.25, 0.3) is 16.5 Å². The summed E-state index contributed by atoms with van der Waals surface area (Å²) in [5.41, 5.74) is 2.60. The van der Waals surface area contributed by atoms with Crippen molar-refractivity contribution in [3.8, 4) is 0 Å². The van der Waals surface area contributed by atoms with E-state index in [0.717, 1.165) is 21.4 Å². The first kappa shape index (κ1) is 26.2. The molecule has 1 N–H and O–H groups in total. The van der Waals surface area contributed by atoms with E-state index in [2.05, 4.69) is 20.4 Å². The molecule has 2 aromatic heterocycles. The fourth-order valence-electron chi connectivity index (χ4n) is 3.71. The zero-order valence-electron chi connectivity index (χ0n) is 21.6. The number of nitrogens with zero attached hydrogens (tertiary/aromatic N) is 5. The van der Waals surface area contributed by atoms with Gasteiger partial charge in [0.15, 0.2) is 5.17 Å². The van der Waals surface area contributed by atoms with E-state index in [9.17, 15) is 4.79 Å². The molecule has 4 rings (SSSR count). The van der Waals surface area contributed by atoms with Gasteiger partial charge in [0.25, 0.3) is 0 Å². The molecule has 0 spiro atoms. The largest absolute Gasteiger partial charge is 0.444 e. The summed E-state index contributed by atoms with van der Waals surface area (Å²) in [6, 6.07) is 7.62. The molecule has 1 aliphatic heterocycles. The smallest absolute Gasteiger partial charge is 0.412 e. The number of benzene rings is 1. The molecule has 8 nitrogen and oxygen atoms in total. The number of carbonyl (C=O) groups is 1. The highest BCUT2D eigenvalue weighted by Gasteiger charge is 2.24. The van der Waals surface area contributed by atoms with E-state index in [4.69, 9.17) is 4.74 Å². The van der Waals surface area contributed by atoms with Gasteiger partial charge >= 0.3 is 6.09 Å². The number of thioether (sulfide) groups is 1. The zero-order chi connectivity index (χ0) is 26.7. The Balaban J connectivity index is 1.60. The van der Waals surface area contributed by atoms with Crippen molar-refractivity contribution in [1.29, 1.82) is 0 Å². The minimum Gasteiger partial charge on any atom is -0.444 e. The second kappa shape index (κ2) is 10.6. The molecule has 1 aliphatic rings. The van der Waals surface area contributed by atoms with E-state index in [1.165, 1.54) is 17.8 Å². The lowest BCUT2D eigenvalue weighted by atomic mass is 10.1.